The summed E-state index contributed by atoms with van der Waals surface area (Å²) < 4.78 is 0. The predicted molar refractivity (Wildman–Crippen MR) is 77.0 cm³/mol. The molecule has 0 aliphatic heterocycles. The Balaban J connectivity index is 0. The Morgan fingerprint density at radius 2 is 1.62 bits per heavy atom. The zero-order valence-electron chi connectivity index (χ0n) is 12.8. The summed E-state index contributed by atoms with van der Waals surface area (Å²) in [5, 5.41) is 3.27. The van der Waals surface area contributed by atoms with Gasteiger partial charge in [-0.3, -0.25) is 0 Å². The third-order valence-corrected chi connectivity index (χ3v) is 2.61. The highest BCUT2D eigenvalue weighted by Gasteiger charge is 2.18. The molecule has 0 aliphatic carbocycles. The second-order valence-corrected chi connectivity index (χ2v) is 5.22. The van der Waals surface area contributed by atoms with E-state index in [0.717, 1.165) is 6.54 Å². The van der Waals surface area contributed by atoms with Gasteiger partial charge in [-0.05, 0) is 39.2 Å². The molecule has 1 nitrogen and oxygen atoms in total. The normalized spacial score (nSPS) is 10.5. The molecule has 0 saturated heterocycles. The summed E-state index contributed by atoms with van der Waals surface area (Å²) in [7, 11) is 2.03. The Kier molecular flexibility index (Phi) is 11.2. The van der Waals surface area contributed by atoms with E-state index in [4.69, 9.17) is 0 Å². The highest BCUT2D eigenvalue weighted by Crippen LogP contribution is 2.28. The third-order valence-electron chi connectivity index (χ3n) is 2.61. The van der Waals surface area contributed by atoms with Gasteiger partial charge in [-0.1, -0.05) is 52.2 Å². The van der Waals surface area contributed by atoms with Crippen LogP contribution in [0.25, 0.3) is 0 Å². The maximum atomic E-state index is 3.27. The number of rotatable bonds is 6. The van der Waals surface area contributed by atoms with Crippen molar-refractivity contribution >= 4 is 0 Å². The summed E-state index contributed by atoms with van der Waals surface area (Å²) in [6.45, 7) is 16.5. The lowest BCUT2D eigenvalue weighted by molar-refractivity contribution is 0.344. The fraction of sp³-hybridized carbons (Fsp3) is 0.867. The molecule has 0 saturated carbocycles. The summed E-state index contributed by atoms with van der Waals surface area (Å²) in [4.78, 5) is 0. The van der Waals surface area contributed by atoms with E-state index in [-0.39, 0.29) is 0 Å². The maximum Gasteiger partial charge on any atom is 0.000258 e. The molecule has 0 rings (SSSR count). The number of hydrogen-bond donors (Lipinski definition) is 1. The molecular formula is C15H33N. The van der Waals surface area contributed by atoms with Gasteiger partial charge in [0.25, 0.3) is 0 Å². The van der Waals surface area contributed by atoms with Crippen LogP contribution in [0.4, 0.5) is 0 Å². The first-order chi connectivity index (χ1) is 7.43. The Labute approximate surface area is 104 Å². The van der Waals surface area contributed by atoms with E-state index in [2.05, 4.69) is 39.9 Å². The summed E-state index contributed by atoms with van der Waals surface area (Å²) >= 11 is 0. The first-order valence-corrected chi connectivity index (χ1v) is 6.72. The van der Waals surface area contributed by atoms with Crippen LogP contribution in [-0.2, 0) is 0 Å². The SMILES string of the molecule is CC.CCCC(CC(C)(C)CNC)=C(C)C. The molecule has 0 amide bonds. The number of hydrogen-bond acceptors (Lipinski definition) is 1. The second kappa shape index (κ2) is 9.89. The van der Waals surface area contributed by atoms with Crippen molar-refractivity contribution in [1.82, 2.24) is 5.32 Å². The van der Waals surface area contributed by atoms with Gasteiger partial charge in [0.2, 0.25) is 0 Å². The molecule has 0 aromatic heterocycles. The monoisotopic (exact) mass is 227 g/mol. The van der Waals surface area contributed by atoms with Crippen molar-refractivity contribution in [3.05, 3.63) is 11.1 Å². The first-order valence-electron chi connectivity index (χ1n) is 6.72. The lowest BCUT2D eigenvalue weighted by Gasteiger charge is -2.26. The van der Waals surface area contributed by atoms with Crippen LogP contribution in [0.2, 0.25) is 0 Å². The summed E-state index contributed by atoms with van der Waals surface area (Å²) in [6.07, 6.45) is 3.75. The molecule has 0 atom stereocenters. The minimum atomic E-state index is 0.385. The molecular weight excluding hydrogens is 194 g/mol. The van der Waals surface area contributed by atoms with Crippen LogP contribution in [0.5, 0.6) is 0 Å². The van der Waals surface area contributed by atoms with E-state index in [0.29, 0.717) is 5.41 Å². The summed E-state index contributed by atoms with van der Waals surface area (Å²) in [5.41, 5.74) is 3.54. The minimum absolute atomic E-state index is 0.385. The van der Waals surface area contributed by atoms with Gasteiger partial charge in [0.05, 0.1) is 0 Å². The van der Waals surface area contributed by atoms with Gasteiger partial charge in [0, 0.05) is 6.54 Å². The maximum absolute atomic E-state index is 3.27. The van der Waals surface area contributed by atoms with Crippen LogP contribution in [0, 0.1) is 5.41 Å². The van der Waals surface area contributed by atoms with Gasteiger partial charge in [0.1, 0.15) is 0 Å². The smallest absolute Gasteiger partial charge is 0.000258 e. The molecule has 0 spiro atoms. The predicted octanol–water partition coefficient (Wildman–Crippen LogP) is 4.78. The van der Waals surface area contributed by atoms with Crippen molar-refractivity contribution in [1.29, 1.82) is 0 Å². The van der Waals surface area contributed by atoms with Gasteiger partial charge in [-0.15, -0.1) is 0 Å². The molecule has 0 unspecified atom stereocenters. The molecule has 0 bridgehead atoms. The molecule has 0 aliphatic rings. The third kappa shape index (κ3) is 8.96. The van der Waals surface area contributed by atoms with Crippen LogP contribution in [0.1, 0.15) is 67.7 Å². The molecule has 0 aromatic rings. The summed E-state index contributed by atoms with van der Waals surface area (Å²) in [5.74, 6) is 0. The zero-order chi connectivity index (χ0) is 13.2. The van der Waals surface area contributed by atoms with E-state index in [9.17, 15) is 0 Å². The lowest BCUT2D eigenvalue weighted by Crippen LogP contribution is -2.27. The second-order valence-electron chi connectivity index (χ2n) is 5.22. The van der Waals surface area contributed by atoms with E-state index >= 15 is 0 Å². The molecule has 1 N–H and O–H groups in total. The largest absolute Gasteiger partial charge is 0.319 e. The molecule has 1 heteroatoms. The number of nitrogens with one attached hydrogen (secondary N) is 1. The van der Waals surface area contributed by atoms with Gasteiger partial charge >= 0.3 is 0 Å². The highest BCUT2D eigenvalue weighted by molar-refractivity contribution is 5.11. The van der Waals surface area contributed by atoms with E-state index in [1.807, 2.05) is 20.9 Å². The van der Waals surface area contributed by atoms with Crippen molar-refractivity contribution in [2.24, 2.45) is 5.41 Å². The van der Waals surface area contributed by atoms with Crippen LogP contribution in [0.15, 0.2) is 11.1 Å². The first kappa shape index (κ1) is 18.1. The van der Waals surface area contributed by atoms with Crippen LogP contribution >= 0.6 is 0 Å². The van der Waals surface area contributed by atoms with E-state index < -0.39 is 0 Å². The van der Waals surface area contributed by atoms with E-state index in [1.165, 1.54) is 24.8 Å². The average molecular weight is 227 g/mol. The van der Waals surface area contributed by atoms with Crippen molar-refractivity contribution in [2.45, 2.75) is 67.7 Å². The van der Waals surface area contributed by atoms with Crippen LogP contribution in [0.3, 0.4) is 0 Å². The number of allylic oxidation sites excluding steroid dienone is 2. The highest BCUT2D eigenvalue weighted by atomic mass is 14.8. The summed E-state index contributed by atoms with van der Waals surface area (Å²) in [6, 6.07) is 0. The van der Waals surface area contributed by atoms with Gasteiger partial charge < -0.3 is 5.32 Å². The van der Waals surface area contributed by atoms with Gasteiger partial charge in [0.15, 0.2) is 0 Å². The van der Waals surface area contributed by atoms with Gasteiger partial charge in [-0.2, -0.15) is 0 Å². The molecule has 16 heavy (non-hydrogen) atoms. The lowest BCUT2D eigenvalue weighted by atomic mass is 9.83. The average Bonchev–Trinajstić information content (AvgIpc) is 2.19. The molecule has 0 aromatic carbocycles. The van der Waals surface area contributed by atoms with E-state index in [1.54, 1.807) is 5.57 Å². The topological polar surface area (TPSA) is 12.0 Å². The van der Waals surface area contributed by atoms with Crippen molar-refractivity contribution in [3.63, 3.8) is 0 Å². The quantitative estimate of drug-likeness (QED) is 0.644. The molecule has 0 heterocycles. The van der Waals surface area contributed by atoms with Gasteiger partial charge in [-0.25, -0.2) is 0 Å². The standard InChI is InChI=1S/C13H27N.C2H6/c1-7-8-12(11(2)3)9-13(4,5)10-14-6;1-2/h14H,7-10H2,1-6H3;1-2H3. The fourth-order valence-electron chi connectivity index (χ4n) is 1.94. The Morgan fingerprint density at radius 3 is 1.94 bits per heavy atom. The van der Waals surface area contributed by atoms with Crippen LogP contribution < -0.4 is 5.32 Å². The fourth-order valence-corrected chi connectivity index (χ4v) is 1.94. The van der Waals surface area contributed by atoms with Crippen LogP contribution in [-0.4, -0.2) is 13.6 Å². The Bertz CT molecular complexity index is 186. The Morgan fingerprint density at radius 1 is 1.12 bits per heavy atom. The Hall–Kier alpha value is -0.300. The van der Waals surface area contributed by atoms with Crippen molar-refractivity contribution in [2.75, 3.05) is 13.6 Å². The van der Waals surface area contributed by atoms with Crippen molar-refractivity contribution < 1.29 is 0 Å². The van der Waals surface area contributed by atoms with Crippen molar-refractivity contribution in [3.8, 4) is 0 Å². The molecule has 0 radical (unpaired) electrons. The molecule has 0 fully saturated rings. The minimum Gasteiger partial charge on any atom is -0.319 e. The molecule has 98 valence electrons. The zero-order valence-corrected chi connectivity index (χ0v) is 12.8.